The van der Waals surface area contributed by atoms with Crippen molar-refractivity contribution in [3.63, 3.8) is 0 Å². The standard InChI is InChI=1S/C22H17N5O2/c1-13(14-5-3-2-4-6-14)27-19-12-18-17(24-21(25-18)22(28)29)11-16(19)20(26-27)15-7-9-23-10-8-15/h2-13,26H,1H3,(H,28,29)/t13-/m1/s1. The number of aromatic amines is 1. The molecule has 0 saturated carbocycles. The molecule has 0 unspecified atom stereocenters. The Morgan fingerprint density at radius 2 is 1.72 bits per heavy atom. The molecule has 142 valence electrons. The van der Waals surface area contributed by atoms with Gasteiger partial charge in [-0.05, 0) is 36.8 Å². The van der Waals surface area contributed by atoms with Gasteiger partial charge in [0.05, 0.1) is 28.3 Å². The number of benzene rings is 2. The molecule has 1 atom stereocenters. The Labute approximate surface area is 165 Å². The molecule has 0 fully saturated rings. The first-order valence-electron chi connectivity index (χ1n) is 9.22. The van der Waals surface area contributed by atoms with E-state index < -0.39 is 5.97 Å². The van der Waals surface area contributed by atoms with Crippen LogP contribution in [0, 0.1) is 0 Å². The lowest BCUT2D eigenvalue weighted by molar-refractivity contribution is 0.0685. The summed E-state index contributed by atoms with van der Waals surface area (Å²) in [5.41, 5.74) is 5.11. The fraction of sp³-hybridized carbons (Fsp3) is 0.0909. The smallest absolute Gasteiger partial charge is 0.373 e. The molecule has 29 heavy (non-hydrogen) atoms. The summed E-state index contributed by atoms with van der Waals surface area (Å²) in [4.78, 5) is 23.7. The molecule has 0 spiro atoms. The highest BCUT2D eigenvalue weighted by atomic mass is 16.4. The first-order valence-corrected chi connectivity index (χ1v) is 9.22. The monoisotopic (exact) mass is 383 g/mol. The maximum Gasteiger partial charge on any atom is 0.373 e. The van der Waals surface area contributed by atoms with Crippen molar-refractivity contribution in [1.29, 1.82) is 0 Å². The minimum Gasteiger partial charge on any atom is -0.475 e. The van der Waals surface area contributed by atoms with Crippen molar-refractivity contribution in [1.82, 2.24) is 24.7 Å². The van der Waals surface area contributed by atoms with Crippen LogP contribution < -0.4 is 0 Å². The molecule has 2 aromatic carbocycles. The molecule has 0 aliphatic rings. The highest BCUT2D eigenvalue weighted by molar-refractivity contribution is 6.02. The van der Waals surface area contributed by atoms with E-state index in [1.54, 1.807) is 12.4 Å². The Morgan fingerprint density at radius 1 is 1.03 bits per heavy atom. The van der Waals surface area contributed by atoms with Crippen LogP contribution in [0.15, 0.2) is 67.0 Å². The second-order valence-corrected chi connectivity index (χ2v) is 6.89. The van der Waals surface area contributed by atoms with Crippen molar-refractivity contribution >= 4 is 27.9 Å². The van der Waals surface area contributed by atoms with Crippen LogP contribution in [-0.4, -0.2) is 35.8 Å². The first kappa shape index (κ1) is 17.1. The van der Waals surface area contributed by atoms with Gasteiger partial charge in [-0.15, -0.1) is 0 Å². The van der Waals surface area contributed by atoms with Gasteiger partial charge in [0.2, 0.25) is 5.82 Å². The normalized spacial score (nSPS) is 12.4. The second-order valence-electron chi connectivity index (χ2n) is 6.89. The van der Waals surface area contributed by atoms with Gasteiger partial charge in [-0.3, -0.25) is 14.8 Å². The molecule has 7 heteroatoms. The van der Waals surface area contributed by atoms with Crippen LogP contribution in [0.4, 0.5) is 0 Å². The topological polar surface area (TPSA) is 96.7 Å². The third-order valence-electron chi connectivity index (χ3n) is 5.14. The predicted molar refractivity (Wildman–Crippen MR) is 110 cm³/mol. The van der Waals surface area contributed by atoms with Crippen molar-refractivity contribution < 1.29 is 9.90 Å². The van der Waals surface area contributed by atoms with Crippen molar-refractivity contribution in [2.75, 3.05) is 0 Å². The Bertz CT molecular complexity index is 1340. The van der Waals surface area contributed by atoms with Crippen LogP contribution in [0.25, 0.3) is 33.2 Å². The number of hydrogen-bond acceptors (Lipinski definition) is 4. The third-order valence-corrected chi connectivity index (χ3v) is 5.14. The zero-order chi connectivity index (χ0) is 20.0. The molecule has 0 bridgehead atoms. The number of nitrogens with one attached hydrogen (secondary N) is 1. The van der Waals surface area contributed by atoms with Gasteiger partial charge in [-0.2, -0.15) is 0 Å². The molecule has 0 aliphatic heterocycles. The van der Waals surface area contributed by atoms with Crippen molar-refractivity contribution in [2.24, 2.45) is 0 Å². The van der Waals surface area contributed by atoms with E-state index in [-0.39, 0.29) is 11.9 Å². The van der Waals surface area contributed by atoms with Gasteiger partial charge in [0.15, 0.2) is 0 Å². The summed E-state index contributed by atoms with van der Waals surface area (Å²) in [6, 6.07) is 17.9. The molecule has 3 heterocycles. The number of hydrogen-bond donors (Lipinski definition) is 2. The largest absolute Gasteiger partial charge is 0.475 e. The van der Waals surface area contributed by atoms with Crippen molar-refractivity contribution in [2.45, 2.75) is 13.0 Å². The number of fused-ring (bicyclic) bond motifs is 2. The van der Waals surface area contributed by atoms with E-state index in [0.29, 0.717) is 11.0 Å². The molecular weight excluding hydrogens is 366 g/mol. The number of carboxylic acid groups (broad SMARTS) is 1. The summed E-state index contributed by atoms with van der Waals surface area (Å²) >= 11 is 0. The molecule has 0 saturated heterocycles. The van der Waals surface area contributed by atoms with Gasteiger partial charge < -0.3 is 5.11 Å². The van der Waals surface area contributed by atoms with E-state index in [0.717, 1.165) is 27.7 Å². The summed E-state index contributed by atoms with van der Waals surface area (Å²) < 4.78 is 2.08. The minimum absolute atomic E-state index is 0.0357. The fourth-order valence-corrected chi connectivity index (χ4v) is 3.66. The van der Waals surface area contributed by atoms with E-state index in [9.17, 15) is 9.90 Å². The van der Waals surface area contributed by atoms with Gasteiger partial charge in [-0.1, -0.05) is 30.3 Å². The Kier molecular flexibility index (Phi) is 3.87. The molecule has 3 aromatic heterocycles. The number of pyridine rings is 1. The number of carbonyl (C=O) groups is 1. The predicted octanol–water partition coefficient (Wildman–Crippen LogP) is 4.28. The SMILES string of the molecule is C[C@H](c1ccccc1)n1[nH]c(-c2ccncc2)c2cc3nc(C(=O)O)nc3cc21. The van der Waals surface area contributed by atoms with Crippen molar-refractivity contribution in [3.05, 3.63) is 78.4 Å². The maximum absolute atomic E-state index is 11.3. The number of nitrogens with zero attached hydrogens (tertiary/aromatic N) is 4. The van der Waals surface area contributed by atoms with E-state index in [1.165, 1.54) is 0 Å². The number of aromatic nitrogens is 5. The molecule has 7 nitrogen and oxygen atoms in total. The highest BCUT2D eigenvalue weighted by Crippen LogP contribution is 2.33. The molecule has 0 radical (unpaired) electrons. The zero-order valence-corrected chi connectivity index (χ0v) is 15.6. The van der Waals surface area contributed by atoms with Gasteiger partial charge in [0, 0.05) is 23.3 Å². The maximum atomic E-state index is 11.3. The molecular formula is C22H17N5O2. The van der Waals surface area contributed by atoms with Gasteiger partial charge in [0.25, 0.3) is 0 Å². The third kappa shape index (κ3) is 2.84. The van der Waals surface area contributed by atoms with Gasteiger partial charge in [0.1, 0.15) is 0 Å². The lowest BCUT2D eigenvalue weighted by Gasteiger charge is -2.15. The minimum atomic E-state index is -1.13. The lowest BCUT2D eigenvalue weighted by Crippen LogP contribution is -2.08. The van der Waals surface area contributed by atoms with E-state index >= 15 is 0 Å². The van der Waals surface area contributed by atoms with Crippen LogP contribution in [0.2, 0.25) is 0 Å². The average molecular weight is 383 g/mol. The number of H-pyrrole nitrogens is 1. The highest BCUT2D eigenvalue weighted by Gasteiger charge is 2.19. The van der Waals surface area contributed by atoms with E-state index in [1.807, 2.05) is 42.5 Å². The number of carboxylic acids is 1. The van der Waals surface area contributed by atoms with E-state index in [2.05, 4.69) is 43.8 Å². The Morgan fingerprint density at radius 3 is 2.41 bits per heavy atom. The van der Waals surface area contributed by atoms with Crippen LogP contribution >= 0.6 is 0 Å². The van der Waals surface area contributed by atoms with Crippen LogP contribution in [0.5, 0.6) is 0 Å². The number of imidazole rings is 1. The molecule has 0 amide bonds. The summed E-state index contributed by atoms with van der Waals surface area (Å²) in [7, 11) is 0. The second kappa shape index (κ2) is 6.56. The molecule has 2 N–H and O–H groups in total. The van der Waals surface area contributed by atoms with Crippen LogP contribution in [-0.2, 0) is 0 Å². The summed E-state index contributed by atoms with van der Waals surface area (Å²) in [5, 5.41) is 13.7. The molecule has 0 aliphatic carbocycles. The van der Waals surface area contributed by atoms with Gasteiger partial charge in [-0.25, -0.2) is 14.8 Å². The van der Waals surface area contributed by atoms with Crippen LogP contribution in [0.1, 0.15) is 29.1 Å². The quantitative estimate of drug-likeness (QED) is 0.483. The summed E-state index contributed by atoms with van der Waals surface area (Å²) in [6.07, 6.45) is 3.49. The number of rotatable bonds is 4. The van der Waals surface area contributed by atoms with Crippen molar-refractivity contribution in [3.8, 4) is 11.3 Å². The summed E-state index contributed by atoms with van der Waals surface area (Å²) in [5.74, 6) is -1.32. The van der Waals surface area contributed by atoms with E-state index in [4.69, 9.17) is 0 Å². The average Bonchev–Trinajstić information content (AvgIpc) is 3.34. The Hall–Kier alpha value is -4.00. The fourth-order valence-electron chi connectivity index (χ4n) is 3.66. The summed E-state index contributed by atoms with van der Waals surface area (Å²) in [6.45, 7) is 2.12. The number of aromatic carboxylic acids is 1. The molecule has 5 aromatic rings. The van der Waals surface area contributed by atoms with Crippen LogP contribution in [0.3, 0.4) is 0 Å². The lowest BCUT2D eigenvalue weighted by atomic mass is 10.1. The molecule has 5 rings (SSSR count). The first-order chi connectivity index (χ1) is 14.1. The van der Waals surface area contributed by atoms with Gasteiger partial charge >= 0.3 is 5.97 Å². The zero-order valence-electron chi connectivity index (χ0n) is 15.6. The Balaban J connectivity index is 1.79.